The standard InChI is InChI=1S/C24H23N3O3/c28-16-22(17-5-2-1-3-6-17)18-8-10-20(11-9-18)26-24(29)14-21-13-23(27-30-21)19-7-4-12-25-15-19/h1-12,15,21-22,28H,13-14,16H2,(H,26,29). The highest BCUT2D eigenvalue weighted by atomic mass is 16.6. The second kappa shape index (κ2) is 9.33. The molecule has 0 aliphatic carbocycles. The van der Waals surface area contributed by atoms with Crippen LogP contribution in [0.25, 0.3) is 0 Å². The Kier molecular flexibility index (Phi) is 6.15. The largest absolute Gasteiger partial charge is 0.395 e. The molecule has 2 atom stereocenters. The van der Waals surface area contributed by atoms with Gasteiger partial charge in [0.1, 0.15) is 6.10 Å². The van der Waals surface area contributed by atoms with E-state index in [4.69, 9.17) is 4.84 Å². The van der Waals surface area contributed by atoms with Crippen LogP contribution in [0.15, 0.2) is 84.3 Å². The number of benzene rings is 2. The van der Waals surface area contributed by atoms with E-state index < -0.39 is 0 Å². The molecule has 0 fully saturated rings. The third-order valence-electron chi connectivity index (χ3n) is 5.12. The Balaban J connectivity index is 1.32. The summed E-state index contributed by atoms with van der Waals surface area (Å²) in [5.74, 6) is -0.219. The Bertz CT molecular complexity index is 1000. The number of rotatable bonds is 7. The van der Waals surface area contributed by atoms with Crippen molar-refractivity contribution in [3.05, 3.63) is 95.8 Å². The summed E-state index contributed by atoms with van der Waals surface area (Å²) in [6, 6.07) is 21.2. The van der Waals surface area contributed by atoms with Crippen molar-refractivity contribution in [3.8, 4) is 0 Å². The van der Waals surface area contributed by atoms with Crippen LogP contribution in [0.4, 0.5) is 5.69 Å². The van der Waals surface area contributed by atoms with Crippen LogP contribution in [0.1, 0.15) is 35.4 Å². The Labute approximate surface area is 175 Å². The summed E-state index contributed by atoms with van der Waals surface area (Å²) >= 11 is 0. The second-order valence-corrected chi connectivity index (χ2v) is 7.23. The monoisotopic (exact) mass is 401 g/mol. The number of pyridine rings is 1. The average molecular weight is 401 g/mol. The number of aromatic nitrogens is 1. The molecule has 0 radical (unpaired) electrons. The number of carbonyl (C=O) groups is 1. The fourth-order valence-electron chi connectivity index (χ4n) is 3.55. The Hall–Kier alpha value is -3.51. The number of oxime groups is 1. The molecule has 2 heterocycles. The van der Waals surface area contributed by atoms with Crippen molar-refractivity contribution in [2.75, 3.05) is 11.9 Å². The molecule has 3 aromatic rings. The summed E-state index contributed by atoms with van der Waals surface area (Å²) in [6.45, 7) is 0.0218. The van der Waals surface area contributed by atoms with E-state index in [9.17, 15) is 9.90 Å². The highest BCUT2D eigenvalue weighted by molar-refractivity contribution is 6.01. The maximum Gasteiger partial charge on any atom is 0.228 e. The molecule has 0 saturated carbocycles. The third kappa shape index (κ3) is 4.72. The molecule has 0 bridgehead atoms. The number of hydrogen-bond acceptors (Lipinski definition) is 5. The van der Waals surface area contributed by atoms with Crippen LogP contribution in [0.3, 0.4) is 0 Å². The summed E-state index contributed by atoms with van der Waals surface area (Å²) in [6.07, 6.45) is 3.96. The van der Waals surface area contributed by atoms with Gasteiger partial charge in [-0.05, 0) is 35.4 Å². The van der Waals surface area contributed by atoms with Gasteiger partial charge < -0.3 is 15.3 Å². The van der Waals surface area contributed by atoms with Crippen molar-refractivity contribution >= 4 is 17.3 Å². The number of nitrogens with one attached hydrogen (secondary N) is 1. The molecule has 1 aromatic heterocycles. The van der Waals surface area contributed by atoms with E-state index in [1.54, 1.807) is 12.4 Å². The zero-order valence-corrected chi connectivity index (χ0v) is 16.4. The number of hydrogen-bond donors (Lipinski definition) is 2. The van der Waals surface area contributed by atoms with E-state index in [-0.39, 0.29) is 31.0 Å². The average Bonchev–Trinajstić information content (AvgIpc) is 3.25. The van der Waals surface area contributed by atoms with Gasteiger partial charge in [-0.25, -0.2) is 0 Å². The van der Waals surface area contributed by atoms with Gasteiger partial charge in [0, 0.05) is 36.0 Å². The van der Waals surface area contributed by atoms with Gasteiger partial charge in [0.2, 0.25) is 5.91 Å². The van der Waals surface area contributed by atoms with E-state index in [1.807, 2.05) is 66.7 Å². The number of aliphatic hydroxyl groups is 1. The summed E-state index contributed by atoms with van der Waals surface area (Å²) in [5, 5.41) is 16.8. The fraction of sp³-hybridized carbons (Fsp3) is 0.208. The topological polar surface area (TPSA) is 83.8 Å². The third-order valence-corrected chi connectivity index (χ3v) is 5.12. The molecule has 2 unspecified atom stereocenters. The van der Waals surface area contributed by atoms with Crippen molar-refractivity contribution in [3.63, 3.8) is 0 Å². The number of nitrogens with zero attached hydrogens (tertiary/aromatic N) is 2. The van der Waals surface area contributed by atoms with Crippen LogP contribution >= 0.6 is 0 Å². The van der Waals surface area contributed by atoms with Gasteiger partial charge in [0.15, 0.2) is 0 Å². The van der Waals surface area contributed by atoms with Crippen LogP contribution in [0, 0.1) is 0 Å². The molecule has 6 nitrogen and oxygen atoms in total. The van der Waals surface area contributed by atoms with E-state index in [2.05, 4.69) is 15.5 Å². The van der Waals surface area contributed by atoms with Crippen molar-refractivity contribution in [1.29, 1.82) is 0 Å². The SMILES string of the molecule is O=C(CC1CC(c2cccnc2)=NO1)Nc1ccc(C(CO)c2ccccc2)cc1. The highest BCUT2D eigenvalue weighted by Gasteiger charge is 2.25. The summed E-state index contributed by atoms with van der Waals surface area (Å²) in [4.78, 5) is 21.9. The molecule has 6 heteroatoms. The maximum absolute atomic E-state index is 12.4. The molecule has 1 aliphatic heterocycles. The molecular weight excluding hydrogens is 378 g/mol. The Morgan fingerprint density at radius 1 is 1.07 bits per heavy atom. The predicted molar refractivity (Wildman–Crippen MR) is 115 cm³/mol. The van der Waals surface area contributed by atoms with Crippen molar-refractivity contribution in [2.24, 2.45) is 5.16 Å². The smallest absolute Gasteiger partial charge is 0.228 e. The minimum Gasteiger partial charge on any atom is -0.395 e. The molecule has 4 rings (SSSR count). The van der Waals surface area contributed by atoms with E-state index in [0.29, 0.717) is 12.1 Å². The second-order valence-electron chi connectivity index (χ2n) is 7.23. The lowest BCUT2D eigenvalue weighted by Gasteiger charge is -2.16. The van der Waals surface area contributed by atoms with Crippen LogP contribution < -0.4 is 5.32 Å². The fourth-order valence-corrected chi connectivity index (χ4v) is 3.55. The van der Waals surface area contributed by atoms with Gasteiger partial charge in [-0.3, -0.25) is 9.78 Å². The summed E-state index contributed by atoms with van der Waals surface area (Å²) < 4.78 is 0. The van der Waals surface area contributed by atoms with Crippen LogP contribution in [-0.4, -0.2) is 34.4 Å². The van der Waals surface area contributed by atoms with Crippen molar-refractivity contribution in [2.45, 2.75) is 24.9 Å². The molecule has 2 N–H and O–H groups in total. The first-order valence-corrected chi connectivity index (χ1v) is 9.91. The minimum absolute atomic E-state index is 0.0218. The Morgan fingerprint density at radius 2 is 1.83 bits per heavy atom. The molecule has 1 aliphatic rings. The molecular formula is C24H23N3O3. The predicted octanol–water partition coefficient (Wildman–Crippen LogP) is 3.73. The van der Waals surface area contributed by atoms with Gasteiger partial charge in [0.05, 0.1) is 18.7 Å². The zero-order valence-electron chi connectivity index (χ0n) is 16.4. The van der Waals surface area contributed by atoms with Gasteiger partial charge in [-0.2, -0.15) is 0 Å². The first kappa shape index (κ1) is 19.8. The van der Waals surface area contributed by atoms with Gasteiger partial charge in [0.25, 0.3) is 0 Å². The lowest BCUT2D eigenvalue weighted by Crippen LogP contribution is -2.20. The van der Waals surface area contributed by atoms with E-state index >= 15 is 0 Å². The summed E-state index contributed by atoms with van der Waals surface area (Å²) in [5.41, 5.74) is 4.48. The first-order valence-electron chi connectivity index (χ1n) is 9.91. The molecule has 1 amide bonds. The number of amides is 1. The molecule has 152 valence electrons. The minimum atomic E-state index is -0.281. The van der Waals surface area contributed by atoms with Gasteiger partial charge in [-0.15, -0.1) is 0 Å². The van der Waals surface area contributed by atoms with E-state index in [1.165, 1.54) is 0 Å². The maximum atomic E-state index is 12.4. The summed E-state index contributed by atoms with van der Waals surface area (Å²) in [7, 11) is 0. The quantitative estimate of drug-likeness (QED) is 0.632. The Morgan fingerprint density at radius 3 is 2.53 bits per heavy atom. The zero-order chi connectivity index (χ0) is 20.8. The molecule has 0 saturated heterocycles. The first-order chi connectivity index (χ1) is 14.7. The highest BCUT2D eigenvalue weighted by Crippen LogP contribution is 2.25. The number of anilines is 1. The van der Waals surface area contributed by atoms with Crippen molar-refractivity contribution < 1.29 is 14.7 Å². The molecule has 0 spiro atoms. The van der Waals surface area contributed by atoms with Crippen LogP contribution in [0.2, 0.25) is 0 Å². The molecule has 30 heavy (non-hydrogen) atoms. The lowest BCUT2D eigenvalue weighted by molar-refractivity contribution is -0.118. The van der Waals surface area contributed by atoms with E-state index in [0.717, 1.165) is 22.4 Å². The lowest BCUT2D eigenvalue weighted by atomic mass is 9.92. The van der Waals surface area contributed by atoms with Crippen LogP contribution in [-0.2, 0) is 9.63 Å². The van der Waals surface area contributed by atoms with Gasteiger partial charge in [-0.1, -0.05) is 47.6 Å². The number of aliphatic hydroxyl groups excluding tert-OH is 1. The normalized spacial score (nSPS) is 16.4. The molecule has 2 aromatic carbocycles. The number of carbonyl (C=O) groups excluding carboxylic acids is 1. The van der Waals surface area contributed by atoms with Crippen LogP contribution in [0.5, 0.6) is 0 Å². The van der Waals surface area contributed by atoms with Crippen molar-refractivity contribution in [1.82, 2.24) is 4.98 Å². The van der Waals surface area contributed by atoms with Gasteiger partial charge >= 0.3 is 0 Å².